The van der Waals surface area contributed by atoms with Gasteiger partial charge in [0.05, 0.1) is 4.90 Å². The second-order valence-electron chi connectivity index (χ2n) is 3.32. The molecule has 6 heteroatoms. The van der Waals surface area contributed by atoms with E-state index in [0.717, 1.165) is 12.1 Å². The molecule has 88 valence electrons. The molecule has 1 N–H and O–H groups in total. The van der Waals surface area contributed by atoms with Crippen molar-refractivity contribution in [3.05, 3.63) is 29.8 Å². The van der Waals surface area contributed by atoms with Gasteiger partial charge in [0.2, 0.25) is 0 Å². The Bertz CT molecular complexity index is 474. The van der Waals surface area contributed by atoms with Gasteiger partial charge in [-0.1, -0.05) is 19.1 Å². The van der Waals surface area contributed by atoms with E-state index in [1.54, 1.807) is 6.92 Å². The number of carboxylic acids is 1. The van der Waals surface area contributed by atoms with Gasteiger partial charge in [0.25, 0.3) is 10.1 Å². The lowest BCUT2D eigenvalue weighted by Crippen LogP contribution is -2.29. The van der Waals surface area contributed by atoms with Gasteiger partial charge in [-0.25, -0.2) is 0 Å². The maximum absolute atomic E-state index is 10.7. The third-order valence-corrected chi connectivity index (χ3v) is 3.14. The van der Waals surface area contributed by atoms with Crippen molar-refractivity contribution >= 4 is 16.1 Å². The first-order valence-electron chi connectivity index (χ1n) is 4.64. The zero-order valence-electron chi connectivity index (χ0n) is 8.58. The molecule has 1 unspecified atom stereocenters. The van der Waals surface area contributed by atoms with E-state index in [1.165, 1.54) is 12.1 Å². The van der Waals surface area contributed by atoms with Crippen molar-refractivity contribution in [3.63, 3.8) is 0 Å². The second kappa shape index (κ2) is 4.63. The summed E-state index contributed by atoms with van der Waals surface area (Å²) in [6.45, 7) is 1.69. The zero-order valence-corrected chi connectivity index (χ0v) is 9.40. The Morgan fingerprint density at radius 3 is 2.19 bits per heavy atom. The Labute approximate surface area is 93.5 Å². The molecule has 5 nitrogen and oxygen atoms in total. The molecule has 0 saturated heterocycles. The predicted octanol–water partition coefficient (Wildman–Crippen LogP) is 0.177. The molecule has 16 heavy (non-hydrogen) atoms. The van der Waals surface area contributed by atoms with Gasteiger partial charge in [-0.2, -0.15) is 8.42 Å². The summed E-state index contributed by atoms with van der Waals surface area (Å²) in [5.74, 6) is -1.97. The van der Waals surface area contributed by atoms with E-state index in [2.05, 4.69) is 0 Å². The van der Waals surface area contributed by atoms with Crippen molar-refractivity contribution in [1.29, 1.82) is 0 Å². The quantitative estimate of drug-likeness (QED) is 0.761. The van der Waals surface area contributed by atoms with Crippen LogP contribution in [0.5, 0.6) is 0 Å². The average Bonchev–Trinajstić information content (AvgIpc) is 2.17. The van der Waals surface area contributed by atoms with Gasteiger partial charge in [-0.15, -0.1) is 0 Å². The standard InChI is InChI=1S/C10H12O5S/c1-2-9(10(11)12)7-3-5-8(6-4-7)16(13,14)15/h3-6,9H,2H2,1H3,(H,11,12)(H,13,14,15)/p-1. The van der Waals surface area contributed by atoms with E-state index in [1.807, 2.05) is 0 Å². The van der Waals surface area contributed by atoms with Crippen LogP contribution in [0.2, 0.25) is 0 Å². The third-order valence-electron chi connectivity index (χ3n) is 2.27. The summed E-state index contributed by atoms with van der Waals surface area (Å²) in [7, 11) is -4.24. The molecule has 0 amide bonds. The number of carbonyl (C=O) groups is 1. The maximum atomic E-state index is 10.7. The Kier molecular flexibility index (Phi) is 3.66. The van der Waals surface area contributed by atoms with E-state index in [-0.39, 0.29) is 4.90 Å². The van der Waals surface area contributed by atoms with Crippen LogP contribution in [-0.2, 0) is 14.9 Å². The molecule has 0 aromatic heterocycles. The summed E-state index contributed by atoms with van der Waals surface area (Å²) < 4.78 is 30.2. The summed E-state index contributed by atoms with van der Waals surface area (Å²) >= 11 is 0. The van der Waals surface area contributed by atoms with Crippen LogP contribution >= 0.6 is 0 Å². The van der Waals surface area contributed by atoms with Crippen molar-refractivity contribution < 1.29 is 22.9 Å². The highest BCUT2D eigenvalue weighted by Gasteiger charge is 2.13. The first-order valence-corrected chi connectivity index (χ1v) is 6.08. The number of carboxylic acid groups (broad SMARTS) is 1. The molecule has 1 atom stereocenters. The molecule has 0 fully saturated rings. The number of benzene rings is 1. The molecule has 1 aromatic carbocycles. The lowest BCUT2D eigenvalue weighted by atomic mass is 9.97. The predicted molar refractivity (Wildman–Crippen MR) is 54.3 cm³/mol. The normalized spacial score (nSPS) is 13.4. The molecule has 0 aliphatic carbocycles. The number of carbonyl (C=O) groups excluding carboxylic acids is 1. The van der Waals surface area contributed by atoms with Crippen molar-refractivity contribution in [2.75, 3.05) is 0 Å². The minimum Gasteiger partial charge on any atom is -0.549 e. The van der Waals surface area contributed by atoms with E-state index >= 15 is 0 Å². The van der Waals surface area contributed by atoms with Gasteiger partial charge >= 0.3 is 0 Å². The van der Waals surface area contributed by atoms with E-state index < -0.39 is 22.0 Å². The summed E-state index contributed by atoms with van der Waals surface area (Å²) in [6, 6.07) is 5.03. The smallest absolute Gasteiger partial charge is 0.294 e. The van der Waals surface area contributed by atoms with Crippen LogP contribution in [0, 0.1) is 0 Å². The molecule has 1 rings (SSSR count). The molecule has 0 aliphatic rings. The van der Waals surface area contributed by atoms with E-state index in [9.17, 15) is 18.3 Å². The number of aliphatic carboxylic acids is 1. The van der Waals surface area contributed by atoms with Gasteiger partial charge < -0.3 is 9.90 Å². The summed E-state index contributed by atoms with van der Waals surface area (Å²) in [5, 5.41) is 10.7. The van der Waals surface area contributed by atoms with Crippen LogP contribution in [0.15, 0.2) is 29.2 Å². The first kappa shape index (κ1) is 12.7. The van der Waals surface area contributed by atoms with Gasteiger partial charge in [0.1, 0.15) is 0 Å². The fraction of sp³-hybridized carbons (Fsp3) is 0.300. The van der Waals surface area contributed by atoms with Gasteiger partial charge in [-0.05, 0) is 24.1 Å². The van der Waals surface area contributed by atoms with Crippen LogP contribution in [0.4, 0.5) is 0 Å². The lowest BCUT2D eigenvalue weighted by molar-refractivity contribution is -0.308. The largest absolute Gasteiger partial charge is 0.549 e. The van der Waals surface area contributed by atoms with Crippen molar-refractivity contribution in [1.82, 2.24) is 0 Å². The third kappa shape index (κ3) is 2.80. The highest BCUT2D eigenvalue weighted by molar-refractivity contribution is 7.85. The topological polar surface area (TPSA) is 94.5 Å². The Hall–Kier alpha value is -1.40. The molecule has 0 saturated carbocycles. The van der Waals surface area contributed by atoms with Gasteiger partial charge in [0, 0.05) is 11.9 Å². The lowest BCUT2D eigenvalue weighted by Gasteiger charge is -2.16. The second-order valence-corrected chi connectivity index (χ2v) is 4.75. The summed E-state index contributed by atoms with van der Waals surface area (Å²) in [4.78, 5) is 10.5. The van der Waals surface area contributed by atoms with Gasteiger partial charge in [0.15, 0.2) is 0 Å². The van der Waals surface area contributed by atoms with Gasteiger partial charge in [-0.3, -0.25) is 4.55 Å². The minimum absolute atomic E-state index is 0.260. The Morgan fingerprint density at radius 2 is 1.88 bits per heavy atom. The van der Waals surface area contributed by atoms with Crippen molar-refractivity contribution in [2.24, 2.45) is 0 Å². The molecule has 1 aromatic rings. The summed E-state index contributed by atoms with van der Waals surface area (Å²) in [5.41, 5.74) is 0.454. The molecule has 0 bridgehead atoms. The van der Waals surface area contributed by atoms with Crippen LogP contribution < -0.4 is 5.11 Å². The van der Waals surface area contributed by atoms with Crippen molar-refractivity contribution in [2.45, 2.75) is 24.2 Å². The Balaban J connectivity index is 3.08. The van der Waals surface area contributed by atoms with Crippen LogP contribution in [0.25, 0.3) is 0 Å². The fourth-order valence-corrected chi connectivity index (χ4v) is 1.89. The molecule has 0 aliphatic heterocycles. The molecule has 0 radical (unpaired) electrons. The number of hydrogen-bond acceptors (Lipinski definition) is 4. The van der Waals surface area contributed by atoms with Crippen LogP contribution in [0.1, 0.15) is 24.8 Å². The minimum atomic E-state index is -4.24. The van der Waals surface area contributed by atoms with E-state index in [4.69, 9.17) is 4.55 Å². The van der Waals surface area contributed by atoms with E-state index in [0.29, 0.717) is 12.0 Å². The molecular formula is C10H11O5S-. The SMILES string of the molecule is CCC(C(=O)[O-])c1ccc(S(=O)(=O)O)cc1. The molecular weight excluding hydrogens is 232 g/mol. The highest BCUT2D eigenvalue weighted by atomic mass is 32.2. The van der Waals surface area contributed by atoms with Crippen molar-refractivity contribution in [3.8, 4) is 0 Å². The molecule has 0 heterocycles. The maximum Gasteiger partial charge on any atom is 0.294 e. The van der Waals surface area contributed by atoms with Crippen LogP contribution in [-0.4, -0.2) is 18.9 Å². The highest BCUT2D eigenvalue weighted by Crippen LogP contribution is 2.20. The number of hydrogen-bond donors (Lipinski definition) is 1. The number of rotatable bonds is 4. The first-order chi connectivity index (χ1) is 7.36. The zero-order chi connectivity index (χ0) is 12.3. The average molecular weight is 243 g/mol. The molecule has 0 spiro atoms. The fourth-order valence-electron chi connectivity index (χ4n) is 1.41. The summed E-state index contributed by atoms with van der Waals surface area (Å²) in [6.07, 6.45) is 0.355. The monoisotopic (exact) mass is 243 g/mol. The Morgan fingerprint density at radius 1 is 1.38 bits per heavy atom. The van der Waals surface area contributed by atoms with Crippen LogP contribution in [0.3, 0.4) is 0 Å².